The monoisotopic (exact) mass is 275 g/mol. The second kappa shape index (κ2) is 5.97. The highest BCUT2D eigenvalue weighted by atomic mass is 32.2. The van der Waals surface area contributed by atoms with Crippen LogP contribution in [-0.2, 0) is 6.18 Å². The van der Waals surface area contributed by atoms with Crippen LogP contribution in [0.2, 0.25) is 0 Å². The van der Waals surface area contributed by atoms with E-state index in [9.17, 15) is 13.2 Å². The van der Waals surface area contributed by atoms with E-state index >= 15 is 0 Å². The number of hydrogen-bond acceptors (Lipinski definition) is 2. The first-order chi connectivity index (χ1) is 8.55. The summed E-state index contributed by atoms with van der Waals surface area (Å²) in [5.41, 5.74) is -0.561. The first kappa shape index (κ1) is 13.7. The molecule has 1 aromatic rings. The number of piperidine rings is 1. The van der Waals surface area contributed by atoms with Crippen LogP contribution in [0, 0.1) is 5.92 Å². The molecule has 1 nitrogen and oxygen atoms in total. The van der Waals surface area contributed by atoms with Gasteiger partial charge in [-0.05, 0) is 50.0 Å². The van der Waals surface area contributed by atoms with Crippen LogP contribution in [0.25, 0.3) is 0 Å². The summed E-state index contributed by atoms with van der Waals surface area (Å²) in [6, 6.07) is 5.58. The maximum absolute atomic E-state index is 12.5. The number of rotatable bonds is 3. The van der Waals surface area contributed by atoms with E-state index in [0.717, 1.165) is 31.3 Å². The summed E-state index contributed by atoms with van der Waals surface area (Å²) >= 11 is 1.52. The van der Waals surface area contributed by atoms with Crippen LogP contribution in [0.5, 0.6) is 0 Å². The van der Waals surface area contributed by atoms with Gasteiger partial charge in [-0.2, -0.15) is 13.2 Å². The number of hydrogen-bond donors (Lipinski definition) is 1. The van der Waals surface area contributed by atoms with Crippen molar-refractivity contribution >= 4 is 11.8 Å². The van der Waals surface area contributed by atoms with Crippen molar-refractivity contribution in [1.29, 1.82) is 0 Å². The van der Waals surface area contributed by atoms with E-state index in [-0.39, 0.29) is 0 Å². The van der Waals surface area contributed by atoms with Gasteiger partial charge in [0.2, 0.25) is 0 Å². The third kappa shape index (κ3) is 3.92. The molecule has 1 fully saturated rings. The molecule has 0 saturated carbocycles. The van der Waals surface area contributed by atoms with Gasteiger partial charge in [0.05, 0.1) is 5.56 Å². The zero-order valence-corrected chi connectivity index (χ0v) is 10.8. The predicted molar refractivity (Wildman–Crippen MR) is 67.8 cm³/mol. The van der Waals surface area contributed by atoms with E-state index in [1.807, 2.05) is 0 Å². The van der Waals surface area contributed by atoms with Crippen molar-refractivity contribution in [2.45, 2.75) is 23.9 Å². The van der Waals surface area contributed by atoms with Crippen LogP contribution >= 0.6 is 11.8 Å². The fraction of sp³-hybridized carbons (Fsp3) is 0.538. The molecule has 1 heterocycles. The number of alkyl halides is 3. The lowest BCUT2D eigenvalue weighted by atomic mass is 10.0. The number of nitrogens with one attached hydrogen (secondary N) is 1. The molecule has 1 aliphatic rings. The van der Waals surface area contributed by atoms with E-state index in [4.69, 9.17) is 0 Å². The van der Waals surface area contributed by atoms with Crippen molar-refractivity contribution in [3.8, 4) is 0 Å². The Hall–Kier alpha value is -0.680. The van der Waals surface area contributed by atoms with Crippen LogP contribution in [0.15, 0.2) is 29.2 Å². The molecule has 1 saturated heterocycles. The van der Waals surface area contributed by atoms with E-state index in [1.165, 1.54) is 30.3 Å². The molecule has 0 bridgehead atoms. The minimum absolute atomic E-state index is 0.561. The summed E-state index contributed by atoms with van der Waals surface area (Å²) in [6.45, 7) is 2.04. The minimum atomic E-state index is -4.25. The smallest absolute Gasteiger partial charge is 0.316 e. The summed E-state index contributed by atoms with van der Waals surface area (Å²) in [4.78, 5) is 0.704. The molecular weight excluding hydrogens is 259 g/mol. The molecule has 1 unspecified atom stereocenters. The van der Waals surface area contributed by atoms with Crippen molar-refractivity contribution in [3.63, 3.8) is 0 Å². The molecule has 0 aliphatic carbocycles. The Balaban J connectivity index is 1.92. The quantitative estimate of drug-likeness (QED) is 0.842. The van der Waals surface area contributed by atoms with E-state index in [2.05, 4.69) is 5.32 Å². The Morgan fingerprint density at radius 2 is 2.17 bits per heavy atom. The van der Waals surface area contributed by atoms with E-state index < -0.39 is 11.7 Å². The number of benzene rings is 1. The highest BCUT2D eigenvalue weighted by Crippen LogP contribution is 2.32. The average molecular weight is 275 g/mol. The molecule has 2 rings (SSSR count). The zero-order chi connectivity index (χ0) is 13.0. The third-order valence-corrected chi connectivity index (χ3v) is 4.27. The van der Waals surface area contributed by atoms with Gasteiger partial charge in [-0.3, -0.25) is 0 Å². The number of thioether (sulfide) groups is 1. The largest absolute Gasteiger partial charge is 0.416 e. The van der Waals surface area contributed by atoms with Crippen LogP contribution in [0.3, 0.4) is 0 Å². The second-order valence-electron chi connectivity index (χ2n) is 4.55. The van der Waals surface area contributed by atoms with Gasteiger partial charge < -0.3 is 5.32 Å². The van der Waals surface area contributed by atoms with Gasteiger partial charge in [0, 0.05) is 10.6 Å². The van der Waals surface area contributed by atoms with Crippen LogP contribution < -0.4 is 5.32 Å². The number of halogens is 3. The maximum atomic E-state index is 12.5. The molecule has 1 aromatic carbocycles. The zero-order valence-electron chi connectivity index (χ0n) is 9.96. The lowest BCUT2D eigenvalue weighted by molar-refractivity contribution is -0.137. The molecule has 0 radical (unpaired) electrons. The van der Waals surface area contributed by atoms with Crippen molar-refractivity contribution < 1.29 is 13.2 Å². The standard InChI is InChI=1S/C13H16F3NS/c14-13(15,16)11-4-1-5-12(7-11)18-9-10-3-2-6-17-8-10/h1,4-5,7,10,17H,2-3,6,8-9H2. The molecule has 100 valence electrons. The summed E-state index contributed by atoms with van der Waals surface area (Å²) in [5, 5.41) is 3.31. The summed E-state index contributed by atoms with van der Waals surface area (Å²) in [6.07, 6.45) is -1.92. The second-order valence-corrected chi connectivity index (χ2v) is 5.64. The van der Waals surface area contributed by atoms with Gasteiger partial charge >= 0.3 is 6.18 Å². The van der Waals surface area contributed by atoms with Crippen molar-refractivity contribution in [1.82, 2.24) is 5.32 Å². The molecule has 0 amide bonds. The SMILES string of the molecule is FC(F)(F)c1cccc(SCC2CCCNC2)c1. The van der Waals surface area contributed by atoms with Crippen molar-refractivity contribution in [2.75, 3.05) is 18.8 Å². The summed E-state index contributed by atoms with van der Waals surface area (Å²) in [5.74, 6) is 1.45. The Morgan fingerprint density at radius 1 is 1.33 bits per heavy atom. The maximum Gasteiger partial charge on any atom is 0.416 e. The first-order valence-corrected chi connectivity index (χ1v) is 7.05. The summed E-state index contributed by atoms with van der Waals surface area (Å²) in [7, 11) is 0. The molecule has 1 aliphatic heterocycles. The molecule has 1 N–H and O–H groups in total. The molecule has 0 aromatic heterocycles. The lowest BCUT2D eigenvalue weighted by Crippen LogP contribution is -2.30. The van der Waals surface area contributed by atoms with Gasteiger partial charge in [-0.15, -0.1) is 11.8 Å². The normalized spacial score (nSPS) is 20.9. The Kier molecular flexibility index (Phi) is 4.56. The van der Waals surface area contributed by atoms with Crippen LogP contribution in [-0.4, -0.2) is 18.8 Å². The lowest BCUT2D eigenvalue weighted by Gasteiger charge is -2.22. The van der Waals surface area contributed by atoms with Gasteiger partial charge in [-0.25, -0.2) is 0 Å². The minimum Gasteiger partial charge on any atom is -0.316 e. The molecular formula is C13H16F3NS. The Labute approximate surface area is 109 Å². The highest BCUT2D eigenvalue weighted by Gasteiger charge is 2.30. The van der Waals surface area contributed by atoms with Crippen LogP contribution in [0.1, 0.15) is 18.4 Å². The van der Waals surface area contributed by atoms with Gasteiger partial charge in [0.15, 0.2) is 0 Å². The van der Waals surface area contributed by atoms with Crippen molar-refractivity contribution in [2.24, 2.45) is 5.92 Å². The Morgan fingerprint density at radius 3 is 2.83 bits per heavy atom. The third-order valence-electron chi connectivity index (χ3n) is 3.05. The van der Waals surface area contributed by atoms with Crippen molar-refractivity contribution in [3.05, 3.63) is 29.8 Å². The predicted octanol–water partition coefficient (Wildman–Crippen LogP) is 3.80. The fourth-order valence-electron chi connectivity index (χ4n) is 2.04. The highest BCUT2D eigenvalue weighted by molar-refractivity contribution is 7.99. The molecule has 5 heteroatoms. The van der Waals surface area contributed by atoms with Gasteiger partial charge in [0.1, 0.15) is 0 Å². The molecule has 18 heavy (non-hydrogen) atoms. The molecule has 1 atom stereocenters. The summed E-state index contributed by atoms with van der Waals surface area (Å²) < 4.78 is 37.6. The molecule has 0 spiro atoms. The van der Waals surface area contributed by atoms with E-state index in [0.29, 0.717) is 10.8 Å². The first-order valence-electron chi connectivity index (χ1n) is 6.06. The Bertz CT molecular complexity index is 386. The fourth-order valence-corrected chi connectivity index (χ4v) is 3.14. The van der Waals surface area contributed by atoms with Gasteiger partial charge in [0.25, 0.3) is 0 Å². The van der Waals surface area contributed by atoms with E-state index in [1.54, 1.807) is 6.07 Å². The average Bonchev–Trinajstić information content (AvgIpc) is 2.37. The topological polar surface area (TPSA) is 12.0 Å². The van der Waals surface area contributed by atoms with Crippen LogP contribution in [0.4, 0.5) is 13.2 Å². The van der Waals surface area contributed by atoms with Gasteiger partial charge in [-0.1, -0.05) is 6.07 Å².